The van der Waals surface area contributed by atoms with Crippen molar-refractivity contribution in [2.24, 2.45) is 0 Å². The van der Waals surface area contributed by atoms with E-state index in [1.54, 1.807) is 0 Å². The second kappa shape index (κ2) is 2.77. The van der Waals surface area contributed by atoms with Gasteiger partial charge in [0.15, 0.2) is 5.78 Å². The van der Waals surface area contributed by atoms with Crippen LogP contribution in [-0.2, 0) is 4.79 Å². The molecule has 0 saturated heterocycles. The summed E-state index contributed by atoms with van der Waals surface area (Å²) in [4.78, 5) is 10.3. The number of ketones is 1. The van der Waals surface area contributed by atoms with Gasteiger partial charge in [-0.25, -0.2) is 0 Å². The number of hydrogen-bond acceptors (Lipinski definition) is 2. The van der Waals surface area contributed by atoms with Crippen LogP contribution in [0, 0.1) is 44.1 Å². The van der Waals surface area contributed by atoms with Crippen LogP contribution >= 0.6 is 0 Å². The van der Waals surface area contributed by atoms with Crippen LogP contribution in [-0.4, -0.2) is 16.5 Å². The average molecular weight is 327 g/mol. The average Bonchev–Trinajstić information content (AvgIpc) is 2.21. The van der Waals surface area contributed by atoms with Gasteiger partial charge in [-0.05, 0) is 19.8 Å². The van der Waals surface area contributed by atoms with E-state index in [0.717, 1.165) is 0 Å². The summed E-state index contributed by atoms with van der Waals surface area (Å²) in [6.45, 7) is 1.42. The Morgan fingerprint density at radius 1 is 1.62 bits per heavy atom. The Hall–Kier alpha value is 1.07. The summed E-state index contributed by atoms with van der Waals surface area (Å²) in [5, 5.41) is 8.86. The molecule has 0 heterocycles. The Morgan fingerprint density at radius 3 is 2.00 bits per heavy atom. The summed E-state index contributed by atoms with van der Waals surface area (Å²) in [6, 6.07) is 0. The molecular formula is C5H8AcO2. The molecule has 1 fully saturated rings. The van der Waals surface area contributed by atoms with Gasteiger partial charge in [-0.15, -0.1) is 0 Å². The van der Waals surface area contributed by atoms with Crippen molar-refractivity contribution in [3.63, 3.8) is 0 Å². The van der Waals surface area contributed by atoms with E-state index in [2.05, 4.69) is 0 Å². The molecule has 0 amide bonds. The van der Waals surface area contributed by atoms with Gasteiger partial charge < -0.3 is 5.11 Å². The Labute approximate surface area is 84.2 Å². The van der Waals surface area contributed by atoms with Crippen molar-refractivity contribution < 1.29 is 54.0 Å². The van der Waals surface area contributed by atoms with Gasteiger partial charge in [-0.1, -0.05) is 0 Å². The summed E-state index contributed by atoms with van der Waals surface area (Å²) < 4.78 is 0. The topological polar surface area (TPSA) is 37.3 Å². The molecule has 1 aliphatic carbocycles. The summed E-state index contributed by atoms with van der Waals surface area (Å²) in [7, 11) is 0. The summed E-state index contributed by atoms with van der Waals surface area (Å²) in [5.41, 5.74) is -0.889. The molecule has 2 nitrogen and oxygen atoms in total. The zero-order valence-electron chi connectivity index (χ0n) is 4.85. The van der Waals surface area contributed by atoms with Crippen LogP contribution in [0.3, 0.4) is 0 Å². The van der Waals surface area contributed by atoms with Crippen molar-refractivity contribution in [2.75, 3.05) is 0 Å². The van der Waals surface area contributed by atoms with Gasteiger partial charge in [-0.3, -0.25) is 4.79 Å². The zero-order chi connectivity index (χ0) is 5.49. The number of rotatable bonds is 1. The van der Waals surface area contributed by atoms with Gasteiger partial charge in [0, 0.05) is 44.1 Å². The van der Waals surface area contributed by atoms with Gasteiger partial charge in [0.2, 0.25) is 0 Å². The predicted octanol–water partition coefficient (Wildman–Crippen LogP) is 0.100. The fourth-order valence-corrected chi connectivity index (χ4v) is 0.470. The van der Waals surface area contributed by atoms with Gasteiger partial charge in [0.1, 0.15) is 5.60 Å². The van der Waals surface area contributed by atoms with E-state index in [1.165, 1.54) is 6.92 Å². The second-order valence-electron chi connectivity index (χ2n) is 2.09. The SMILES string of the molecule is CC(=O)C1(O)CC1.[Ac]. The van der Waals surface area contributed by atoms with E-state index in [4.69, 9.17) is 5.11 Å². The Morgan fingerprint density at radius 2 is 2.00 bits per heavy atom. The number of Topliss-reactive ketones (excluding diaryl/α,β-unsaturated/α-hetero) is 1. The summed E-state index contributed by atoms with van der Waals surface area (Å²) in [6.07, 6.45) is 1.34. The first kappa shape index (κ1) is 9.07. The van der Waals surface area contributed by atoms with Crippen LogP contribution in [0.2, 0.25) is 0 Å². The Bertz CT molecular complexity index is 107. The molecule has 0 unspecified atom stereocenters. The maximum absolute atomic E-state index is 10.3. The minimum Gasteiger partial charge on any atom is -0.382 e. The molecule has 0 aromatic carbocycles. The number of aliphatic hydroxyl groups is 1. The van der Waals surface area contributed by atoms with Gasteiger partial charge in [-0.2, -0.15) is 0 Å². The molecule has 0 spiro atoms. The fourth-order valence-electron chi connectivity index (χ4n) is 0.470. The van der Waals surface area contributed by atoms with E-state index in [9.17, 15) is 4.79 Å². The molecular weight excluding hydrogens is 319 g/mol. The van der Waals surface area contributed by atoms with Crippen molar-refractivity contribution >= 4 is 5.78 Å². The molecule has 0 aromatic heterocycles. The van der Waals surface area contributed by atoms with Crippen molar-refractivity contribution in [3.05, 3.63) is 0 Å². The molecule has 43 valence electrons. The first-order chi connectivity index (χ1) is 3.15. The van der Waals surface area contributed by atoms with E-state index in [0.29, 0.717) is 12.8 Å². The Balaban J connectivity index is 0.000000490. The minimum atomic E-state index is -0.889. The molecule has 0 atom stereocenters. The van der Waals surface area contributed by atoms with Crippen LogP contribution in [0.4, 0.5) is 0 Å². The van der Waals surface area contributed by atoms with Crippen molar-refractivity contribution in [1.82, 2.24) is 0 Å². The normalized spacial score (nSPS) is 21.2. The quantitative estimate of drug-likeness (QED) is 0.742. The Kier molecular flexibility index (Phi) is 3.14. The monoisotopic (exact) mass is 327 g/mol. The molecule has 3 heteroatoms. The number of carbonyl (C=O) groups excluding carboxylic acids is 1. The maximum Gasteiger partial charge on any atom is 0.161 e. The molecule has 0 aromatic rings. The third-order valence-corrected chi connectivity index (χ3v) is 1.38. The molecule has 1 radical (unpaired) electrons. The zero-order valence-corrected chi connectivity index (χ0v) is 9.59. The van der Waals surface area contributed by atoms with E-state index >= 15 is 0 Å². The largest absolute Gasteiger partial charge is 0.382 e. The molecule has 1 N–H and O–H groups in total. The van der Waals surface area contributed by atoms with E-state index < -0.39 is 5.60 Å². The molecule has 8 heavy (non-hydrogen) atoms. The molecule has 0 aliphatic heterocycles. The third kappa shape index (κ3) is 1.79. The molecule has 1 saturated carbocycles. The van der Waals surface area contributed by atoms with Crippen LogP contribution in [0.5, 0.6) is 0 Å². The first-order valence-electron chi connectivity index (χ1n) is 2.38. The standard InChI is InChI=1S/C5H8O2.Ac/c1-4(6)5(7)2-3-5;/h7H,2-3H2,1H3;. The number of carbonyl (C=O) groups is 1. The van der Waals surface area contributed by atoms with E-state index in [-0.39, 0.29) is 49.8 Å². The van der Waals surface area contributed by atoms with Crippen LogP contribution in [0.15, 0.2) is 0 Å². The predicted molar refractivity (Wildman–Crippen MR) is 24.9 cm³/mol. The van der Waals surface area contributed by atoms with Crippen LogP contribution < -0.4 is 0 Å². The second-order valence-corrected chi connectivity index (χ2v) is 2.09. The smallest absolute Gasteiger partial charge is 0.161 e. The van der Waals surface area contributed by atoms with Gasteiger partial charge >= 0.3 is 0 Å². The van der Waals surface area contributed by atoms with E-state index in [1.807, 2.05) is 0 Å². The summed E-state index contributed by atoms with van der Waals surface area (Å²) >= 11 is 0. The molecule has 0 bridgehead atoms. The van der Waals surface area contributed by atoms with Crippen molar-refractivity contribution in [3.8, 4) is 0 Å². The third-order valence-electron chi connectivity index (χ3n) is 1.38. The molecule has 1 aliphatic rings. The first-order valence-corrected chi connectivity index (χ1v) is 2.38. The maximum atomic E-state index is 10.3. The fraction of sp³-hybridized carbons (Fsp3) is 0.800. The van der Waals surface area contributed by atoms with Crippen LogP contribution in [0.1, 0.15) is 19.8 Å². The van der Waals surface area contributed by atoms with Gasteiger partial charge in [0.25, 0.3) is 0 Å². The molecule has 1 rings (SSSR count). The van der Waals surface area contributed by atoms with Crippen molar-refractivity contribution in [1.29, 1.82) is 0 Å². The van der Waals surface area contributed by atoms with Crippen LogP contribution in [0.25, 0.3) is 0 Å². The number of hydrogen-bond donors (Lipinski definition) is 1. The van der Waals surface area contributed by atoms with Crippen molar-refractivity contribution in [2.45, 2.75) is 25.4 Å². The van der Waals surface area contributed by atoms with Gasteiger partial charge in [0.05, 0.1) is 0 Å². The minimum absolute atomic E-state index is 0. The summed E-state index contributed by atoms with van der Waals surface area (Å²) in [5.74, 6) is -0.0903.